The highest BCUT2D eigenvalue weighted by atomic mass is 35.5. The first-order valence-corrected chi connectivity index (χ1v) is 7.54. The number of nitrogens with one attached hydrogen (secondary N) is 1. The highest BCUT2D eigenvalue weighted by Gasteiger charge is 2.16. The van der Waals surface area contributed by atoms with Gasteiger partial charge in [0.1, 0.15) is 5.56 Å². The Balaban J connectivity index is 2.10. The van der Waals surface area contributed by atoms with Crippen molar-refractivity contribution in [3.05, 3.63) is 70.4 Å². The summed E-state index contributed by atoms with van der Waals surface area (Å²) in [6.07, 6.45) is 1.38. The van der Waals surface area contributed by atoms with Gasteiger partial charge in [-0.3, -0.25) is 4.98 Å². The molecule has 0 radical (unpaired) electrons. The Morgan fingerprint density at radius 1 is 1.22 bits per heavy atom. The second-order valence-corrected chi connectivity index (χ2v) is 5.67. The fourth-order valence-corrected chi connectivity index (χ4v) is 2.67. The highest BCUT2D eigenvalue weighted by molar-refractivity contribution is 6.32. The maximum absolute atomic E-state index is 11.5. The number of hydrogen-bond acceptors (Lipinski definition) is 3. The summed E-state index contributed by atoms with van der Waals surface area (Å²) in [5.74, 6) is -1.01. The molecule has 0 fully saturated rings. The average molecular weight is 327 g/mol. The van der Waals surface area contributed by atoms with Gasteiger partial charge in [0, 0.05) is 23.2 Å². The number of aryl methyl sites for hydroxylation is 1. The van der Waals surface area contributed by atoms with Gasteiger partial charge in [-0.05, 0) is 30.2 Å². The summed E-state index contributed by atoms with van der Waals surface area (Å²) in [7, 11) is 0. The Morgan fingerprint density at radius 2 is 1.96 bits per heavy atom. The van der Waals surface area contributed by atoms with Crippen LogP contribution in [0.5, 0.6) is 0 Å². The van der Waals surface area contributed by atoms with E-state index < -0.39 is 5.97 Å². The molecule has 0 saturated heterocycles. The Labute approximate surface area is 138 Å². The summed E-state index contributed by atoms with van der Waals surface area (Å²) in [5, 5.41) is 14.0. The van der Waals surface area contributed by atoms with Gasteiger partial charge in [-0.2, -0.15) is 0 Å². The minimum Gasteiger partial charge on any atom is -0.478 e. The van der Waals surface area contributed by atoms with Gasteiger partial charge in [0.15, 0.2) is 0 Å². The molecule has 2 aromatic carbocycles. The Morgan fingerprint density at radius 3 is 2.65 bits per heavy atom. The molecule has 0 unspecified atom stereocenters. The molecule has 1 aromatic heterocycles. The monoisotopic (exact) mass is 326 g/mol. The normalized spacial score (nSPS) is 10.7. The van der Waals surface area contributed by atoms with Crippen molar-refractivity contribution in [1.29, 1.82) is 0 Å². The number of carboxylic acids is 1. The maximum Gasteiger partial charge on any atom is 0.339 e. The number of fused-ring (bicyclic) bond motifs is 1. The molecule has 5 heteroatoms. The molecule has 0 amide bonds. The molecule has 0 aliphatic rings. The van der Waals surface area contributed by atoms with Crippen molar-refractivity contribution in [2.75, 3.05) is 5.32 Å². The van der Waals surface area contributed by atoms with Crippen LogP contribution in [0.15, 0.2) is 48.7 Å². The second kappa shape index (κ2) is 6.26. The summed E-state index contributed by atoms with van der Waals surface area (Å²) >= 11 is 6.14. The van der Waals surface area contributed by atoms with E-state index in [1.807, 2.05) is 37.3 Å². The van der Waals surface area contributed by atoms with Crippen molar-refractivity contribution in [1.82, 2.24) is 4.98 Å². The molecule has 116 valence electrons. The van der Waals surface area contributed by atoms with Crippen LogP contribution in [0.1, 0.15) is 21.5 Å². The first-order chi connectivity index (χ1) is 11.1. The zero-order chi connectivity index (χ0) is 16.4. The van der Waals surface area contributed by atoms with E-state index in [2.05, 4.69) is 10.3 Å². The zero-order valence-electron chi connectivity index (χ0n) is 12.5. The zero-order valence-corrected chi connectivity index (χ0v) is 13.3. The van der Waals surface area contributed by atoms with Crippen molar-refractivity contribution in [3.8, 4) is 0 Å². The minimum atomic E-state index is -1.01. The molecule has 23 heavy (non-hydrogen) atoms. The van der Waals surface area contributed by atoms with Gasteiger partial charge in [-0.25, -0.2) is 4.79 Å². The van der Waals surface area contributed by atoms with Gasteiger partial charge in [0.2, 0.25) is 0 Å². The van der Waals surface area contributed by atoms with E-state index in [-0.39, 0.29) is 5.56 Å². The number of anilines is 1. The molecule has 0 atom stereocenters. The van der Waals surface area contributed by atoms with Crippen LogP contribution in [0.4, 0.5) is 5.69 Å². The first kappa shape index (κ1) is 15.3. The van der Waals surface area contributed by atoms with Gasteiger partial charge in [0.05, 0.1) is 11.2 Å². The van der Waals surface area contributed by atoms with Crippen molar-refractivity contribution in [2.24, 2.45) is 0 Å². The van der Waals surface area contributed by atoms with E-state index >= 15 is 0 Å². The average Bonchev–Trinajstić information content (AvgIpc) is 2.56. The highest BCUT2D eigenvalue weighted by Crippen LogP contribution is 2.31. The fraction of sp³-hybridized carbons (Fsp3) is 0.111. The molecule has 2 N–H and O–H groups in total. The molecule has 0 spiro atoms. The van der Waals surface area contributed by atoms with E-state index in [0.29, 0.717) is 22.8 Å². The van der Waals surface area contributed by atoms with Crippen molar-refractivity contribution < 1.29 is 9.90 Å². The summed E-state index contributed by atoms with van der Waals surface area (Å²) < 4.78 is 0. The number of carboxylic acid groups (broad SMARTS) is 1. The predicted octanol–water partition coefficient (Wildman–Crippen LogP) is 4.51. The van der Waals surface area contributed by atoms with Crippen LogP contribution in [0, 0.1) is 6.92 Å². The number of halogens is 1. The maximum atomic E-state index is 11.5. The standard InChI is InChI=1S/C18H15ClN2O2/c1-11-15(19)8-7-13-16(11)21-10-14(18(22)23)17(13)20-9-12-5-3-2-4-6-12/h2-8,10H,9H2,1H3,(H,20,21)(H,22,23). The number of nitrogens with zero attached hydrogens (tertiary/aromatic N) is 1. The van der Waals surface area contributed by atoms with Crippen LogP contribution in [0.25, 0.3) is 10.9 Å². The molecule has 4 nitrogen and oxygen atoms in total. The summed E-state index contributed by atoms with van der Waals surface area (Å²) in [4.78, 5) is 15.8. The molecule has 3 rings (SSSR count). The van der Waals surface area contributed by atoms with Gasteiger partial charge in [-0.1, -0.05) is 41.9 Å². The minimum absolute atomic E-state index is 0.148. The van der Waals surface area contributed by atoms with Crippen LogP contribution >= 0.6 is 11.6 Å². The number of hydrogen-bond donors (Lipinski definition) is 2. The van der Waals surface area contributed by atoms with Crippen molar-refractivity contribution >= 4 is 34.2 Å². The van der Waals surface area contributed by atoms with E-state index in [1.54, 1.807) is 12.1 Å². The molecule has 1 heterocycles. The fourth-order valence-electron chi connectivity index (χ4n) is 2.52. The lowest BCUT2D eigenvalue weighted by Gasteiger charge is -2.14. The van der Waals surface area contributed by atoms with Crippen molar-refractivity contribution in [2.45, 2.75) is 13.5 Å². The van der Waals surface area contributed by atoms with Crippen molar-refractivity contribution in [3.63, 3.8) is 0 Å². The number of pyridine rings is 1. The van der Waals surface area contributed by atoms with Gasteiger partial charge < -0.3 is 10.4 Å². The SMILES string of the molecule is Cc1c(Cl)ccc2c(NCc3ccccc3)c(C(=O)O)cnc12. The van der Waals surface area contributed by atoms with Gasteiger partial charge in [-0.15, -0.1) is 0 Å². The lowest BCUT2D eigenvalue weighted by Crippen LogP contribution is -2.08. The number of benzene rings is 2. The number of aromatic carboxylic acids is 1. The van der Waals surface area contributed by atoms with Gasteiger partial charge in [0.25, 0.3) is 0 Å². The topological polar surface area (TPSA) is 62.2 Å². The third-order valence-corrected chi connectivity index (χ3v) is 4.18. The first-order valence-electron chi connectivity index (χ1n) is 7.17. The van der Waals surface area contributed by atoms with Gasteiger partial charge >= 0.3 is 5.97 Å². The smallest absolute Gasteiger partial charge is 0.339 e. The molecular formula is C18H15ClN2O2. The molecule has 0 saturated carbocycles. The molecule has 0 bridgehead atoms. The third kappa shape index (κ3) is 2.98. The summed E-state index contributed by atoms with van der Waals surface area (Å²) in [6, 6.07) is 13.4. The molecule has 0 aliphatic heterocycles. The van der Waals surface area contributed by atoms with Crippen LogP contribution in [0.2, 0.25) is 5.02 Å². The lowest BCUT2D eigenvalue weighted by molar-refractivity contribution is 0.0697. The lowest BCUT2D eigenvalue weighted by atomic mass is 10.1. The molecular weight excluding hydrogens is 312 g/mol. The van der Waals surface area contributed by atoms with E-state index in [4.69, 9.17) is 11.6 Å². The number of aromatic nitrogens is 1. The number of rotatable bonds is 4. The third-order valence-electron chi connectivity index (χ3n) is 3.77. The van der Waals surface area contributed by atoms with Crippen LogP contribution in [-0.4, -0.2) is 16.1 Å². The van der Waals surface area contributed by atoms with Crippen LogP contribution in [-0.2, 0) is 6.54 Å². The predicted molar refractivity (Wildman–Crippen MR) is 92.2 cm³/mol. The Hall–Kier alpha value is -2.59. The second-order valence-electron chi connectivity index (χ2n) is 5.26. The quantitative estimate of drug-likeness (QED) is 0.740. The Kier molecular flexibility index (Phi) is 4.17. The van der Waals surface area contributed by atoms with Crippen LogP contribution in [0.3, 0.4) is 0 Å². The number of carbonyl (C=O) groups is 1. The van der Waals surface area contributed by atoms with E-state index in [1.165, 1.54) is 6.20 Å². The largest absolute Gasteiger partial charge is 0.478 e. The Bertz CT molecular complexity index is 879. The molecule has 0 aliphatic carbocycles. The van der Waals surface area contributed by atoms with E-state index in [0.717, 1.165) is 16.5 Å². The summed E-state index contributed by atoms with van der Waals surface area (Å²) in [6.45, 7) is 2.40. The van der Waals surface area contributed by atoms with E-state index in [9.17, 15) is 9.90 Å². The van der Waals surface area contributed by atoms with Crippen LogP contribution < -0.4 is 5.32 Å². The molecule has 3 aromatic rings. The summed E-state index contributed by atoms with van der Waals surface area (Å²) in [5.41, 5.74) is 3.32.